The van der Waals surface area contributed by atoms with Gasteiger partial charge in [0, 0.05) is 18.5 Å². The van der Waals surface area contributed by atoms with E-state index in [-0.39, 0.29) is 42.7 Å². The molecular formula is C21H20F2N2O3. The number of carbonyl (C=O) groups is 3. The van der Waals surface area contributed by atoms with E-state index < -0.39 is 17.7 Å². The number of hydrogen-bond acceptors (Lipinski definition) is 3. The van der Waals surface area contributed by atoms with Crippen molar-refractivity contribution in [1.82, 2.24) is 10.2 Å². The van der Waals surface area contributed by atoms with Crippen molar-refractivity contribution in [3.63, 3.8) is 0 Å². The minimum atomic E-state index is -0.703. The Kier molecular flexibility index (Phi) is 5.53. The maximum atomic E-state index is 13.8. The summed E-state index contributed by atoms with van der Waals surface area (Å²) in [5, 5.41) is 2.60. The van der Waals surface area contributed by atoms with Crippen LogP contribution in [-0.2, 0) is 4.79 Å². The Morgan fingerprint density at radius 1 is 1.07 bits per heavy atom. The molecular weight excluding hydrogens is 366 g/mol. The standard InChI is InChI=1S/C21H20F2N2O3/c1-12-5-7-15-17(10-12)21(28)25(20(15)27)9-3-4-19(26)24-13(2)16-11-14(22)6-8-18(16)23/h5-8,10-11,13H,3-4,9H2,1-2H3,(H,24,26). The zero-order chi connectivity index (χ0) is 20.4. The molecule has 1 atom stereocenters. The average molecular weight is 386 g/mol. The van der Waals surface area contributed by atoms with Crippen LogP contribution in [0.25, 0.3) is 0 Å². The molecule has 1 aliphatic rings. The van der Waals surface area contributed by atoms with Crippen LogP contribution in [0.15, 0.2) is 36.4 Å². The van der Waals surface area contributed by atoms with Crippen LogP contribution >= 0.6 is 0 Å². The molecule has 7 heteroatoms. The number of aryl methyl sites for hydroxylation is 1. The predicted molar refractivity (Wildman–Crippen MR) is 98.7 cm³/mol. The summed E-state index contributed by atoms with van der Waals surface area (Å²) in [6, 6.07) is 7.44. The SMILES string of the molecule is Cc1ccc2c(c1)C(=O)N(CCCC(=O)NC(C)c1cc(F)ccc1F)C2=O. The number of carbonyl (C=O) groups excluding carboxylic acids is 3. The van der Waals surface area contributed by atoms with Crippen molar-refractivity contribution in [2.75, 3.05) is 6.54 Å². The Hall–Kier alpha value is -3.09. The second kappa shape index (κ2) is 7.88. The summed E-state index contributed by atoms with van der Waals surface area (Å²) in [7, 11) is 0. The quantitative estimate of drug-likeness (QED) is 0.773. The van der Waals surface area contributed by atoms with Crippen LogP contribution in [0.4, 0.5) is 8.78 Å². The molecule has 3 rings (SSSR count). The van der Waals surface area contributed by atoms with Gasteiger partial charge in [-0.05, 0) is 50.6 Å². The third-order valence-corrected chi connectivity index (χ3v) is 4.71. The van der Waals surface area contributed by atoms with Crippen molar-refractivity contribution in [3.05, 3.63) is 70.3 Å². The van der Waals surface area contributed by atoms with Gasteiger partial charge in [-0.1, -0.05) is 11.6 Å². The number of amides is 3. The summed E-state index contributed by atoms with van der Waals surface area (Å²) < 4.78 is 27.1. The van der Waals surface area contributed by atoms with E-state index in [0.717, 1.165) is 28.7 Å². The highest BCUT2D eigenvalue weighted by Crippen LogP contribution is 2.24. The molecule has 2 aromatic carbocycles. The number of halogens is 2. The second-order valence-electron chi connectivity index (χ2n) is 6.87. The van der Waals surface area contributed by atoms with E-state index in [1.807, 2.05) is 6.92 Å². The minimum Gasteiger partial charge on any atom is -0.349 e. The highest BCUT2D eigenvalue weighted by atomic mass is 19.1. The monoisotopic (exact) mass is 386 g/mol. The first-order valence-electron chi connectivity index (χ1n) is 8.99. The summed E-state index contributed by atoms with van der Waals surface area (Å²) in [6.45, 7) is 3.51. The minimum absolute atomic E-state index is 0.0493. The van der Waals surface area contributed by atoms with E-state index in [1.165, 1.54) is 0 Å². The van der Waals surface area contributed by atoms with E-state index in [9.17, 15) is 23.2 Å². The molecule has 1 heterocycles. The number of benzene rings is 2. The van der Waals surface area contributed by atoms with Gasteiger partial charge in [-0.3, -0.25) is 19.3 Å². The normalized spacial score (nSPS) is 14.2. The fraction of sp³-hybridized carbons (Fsp3) is 0.286. The van der Waals surface area contributed by atoms with E-state index in [4.69, 9.17) is 0 Å². The molecule has 2 aromatic rings. The van der Waals surface area contributed by atoms with Crippen LogP contribution in [0.2, 0.25) is 0 Å². The number of hydrogen-bond donors (Lipinski definition) is 1. The Morgan fingerprint density at radius 2 is 1.79 bits per heavy atom. The molecule has 5 nitrogen and oxygen atoms in total. The predicted octanol–water partition coefficient (Wildman–Crippen LogP) is 3.53. The average Bonchev–Trinajstić information content (AvgIpc) is 2.87. The van der Waals surface area contributed by atoms with Gasteiger partial charge in [0.05, 0.1) is 17.2 Å². The van der Waals surface area contributed by atoms with Crippen molar-refractivity contribution >= 4 is 17.7 Å². The summed E-state index contributed by atoms with van der Waals surface area (Å²) in [5.41, 5.74) is 1.70. The number of rotatable bonds is 6. The fourth-order valence-corrected chi connectivity index (χ4v) is 3.24. The van der Waals surface area contributed by atoms with Gasteiger partial charge in [-0.15, -0.1) is 0 Å². The Balaban J connectivity index is 1.54. The molecule has 0 aromatic heterocycles. The Labute approximate surface area is 161 Å². The van der Waals surface area contributed by atoms with Crippen LogP contribution in [0, 0.1) is 18.6 Å². The third-order valence-electron chi connectivity index (χ3n) is 4.71. The van der Waals surface area contributed by atoms with Crippen molar-refractivity contribution < 1.29 is 23.2 Å². The lowest BCUT2D eigenvalue weighted by molar-refractivity contribution is -0.121. The molecule has 28 heavy (non-hydrogen) atoms. The first kappa shape index (κ1) is 19.7. The zero-order valence-electron chi connectivity index (χ0n) is 15.6. The molecule has 0 bridgehead atoms. The first-order valence-corrected chi connectivity index (χ1v) is 8.99. The summed E-state index contributed by atoms with van der Waals surface area (Å²) >= 11 is 0. The number of nitrogens with one attached hydrogen (secondary N) is 1. The highest BCUT2D eigenvalue weighted by Gasteiger charge is 2.35. The molecule has 0 saturated heterocycles. The maximum Gasteiger partial charge on any atom is 0.261 e. The van der Waals surface area contributed by atoms with Gasteiger partial charge < -0.3 is 5.32 Å². The molecule has 1 unspecified atom stereocenters. The van der Waals surface area contributed by atoms with Crippen molar-refractivity contribution in [3.8, 4) is 0 Å². The van der Waals surface area contributed by atoms with Gasteiger partial charge in [0.1, 0.15) is 11.6 Å². The highest BCUT2D eigenvalue weighted by molar-refractivity contribution is 6.21. The molecule has 0 spiro atoms. The summed E-state index contributed by atoms with van der Waals surface area (Å²) in [5.74, 6) is -2.28. The van der Waals surface area contributed by atoms with Crippen LogP contribution < -0.4 is 5.32 Å². The van der Waals surface area contributed by atoms with Crippen molar-refractivity contribution in [2.45, 2.75) is 32.7 Å². The lowest BCUT2D eigenvalue weighted by Gasteiger charge is -2.16. The molecule has 1 N–H and O–H groups in total. The number of imide groups is 1. The maximum absolute atomic E-state index is 13.8. The van der Waals surface area contributed by atoms with Gasteiger partial charge in [-0.25, -0.2) is 8.78 Å². The molecule has 0 radical (unpaired) electrons. The largest absolute Gasteiger partial charge is 0.349 e. The van der Waals surface area contributed by atoms with Gasteiger partial charge in [0.25, 0.3) is 11.8 Å². The Morgan fingerprint density at radius 3 is 2.54 bits per heavy atom. The van der Waals surface area contributed by atoms with Gasteiger partial charge in [0.2, 0.25) is 5.91 Å². The third kappa shape index (κ3) is 3.93. The molecule has 146 valence electrons. The summed E-state index contributed by atoms with van der Waals surface area (Å²) in [6.07, 6.45) is 0.322. The summed E-state index contributed by atoms with van der Waals surface area (Å²) in [4.78, 5) is 38.0. The molecule has 0 saturated carbocycles. The molecule has 0 aliphatic carbocycles. The van der Waals surface area contributed by atoms with Crippen molar-refractivity contribution in [2.24, 2.45) is 0 Å². The van der Waals surface area contributed by atoms with Crippen LogP contribution in [0.5, 0.6) is 0 Å². The number of nitrogens with zero attached hydrogens (tertiary/aromatic N) is 1. The molecule has 0 fully saturated rings. The smallest absolute Gasteiger partial charge is 0.261 e. The van der Waals surface area contributed by atoms with Crippen LogP contribution in [-0.4, -0.2) is 29.2 Å². The van der Waals surface area contributed by atoms with Gasteiger partial charge in [-0.2, -0.15) is 0 Å². The van der Waals surface area contributed by atoms with E-state index >= 15 is 0 Å². The Bertz CT molecular complexity index is 959. The van der Waals surface area contributed by atoms with Crippen LogP contribution in [0.1, 0.15) is 57.7 Å². The first-order chi connectivity index (χ1) is 13.3. The lowest BCUT2D eigenvalue weighted by Crippen LogP contribution is -2.32. The van der Waals surface area contributed by atoms with Gasteiger partial charge >= 0.3 is 0 Å². The van der Waals surface area contributed by atoms with Crippen molar-refractivity contribution in [1.29, 1.82) is 0 Å². The molecule has 1 aliphatic heterocycles. The molecule has 3 amide bonds. The second-order valence-corrected chi connectivity index (χ2v) is 6.87. The zero-order valence-corrected chi connectivity index (χ0v) is 15.6. The topological polar surface area (TPSA) is 66.5 Å². The van der Waals surface area contributed by atoms with E-state index in [2.05, 4.69) is 5.32 Å². The number of fused-ring (bicyclic) bond motifs is 1. The fourth-order valence-electron chi connectivity index (χ4n) is 3.24. The lowest BCUT2D eigenvalue weighted by atomic mass is 10.1. The van der Waals surface area contributed by atoms with E-state index in [1.54, 1.807) is 25.1 Å². The van der Waals surface area contributed by atoms with E-state index in [0.29, 0.717) is 11.1 Å². The van der Waals surface area contributed by atoms with Gasteiger partial charge in [0.15, 0.2) is 0 Å². The van der Waals surface area contributed by atoms with Crippen LogP contribution in [0.3, 0.4) is 0 Å².